The molecular formula is C15H29N3O2S2. The van der Waals surface area contributed by atoms with Gasteiger partial charge in [-0.05, 0) is 19.9 Å². The summed E-state index contributed by atoms with van der Waals surface area (Å²) in [6, 6.07) is -0.157. The molecule has 0 radical (unpaired) electrons. The summed E-state index contributed by atoms with van der Waals surface area (Å²) in [5.74, 6) is 8.05. The lowest BCUT2D eigenvalue weighted by Crippen LogP contribution is -2.36. The van der Waals surface area contributed by atoms with E-state index in [1.54, 1.807) is 10.8 Å². The molecule has 0 aliphatic heterocycles. The maximum absolute atomic E-state index is 11.4. The third-order valence-electron chi connectivity index (χ3n) is 2.38. The normalized spacial score (nSPS) is 10.2. The highest BCUT2D eigenvalue weighted by molar-refractivity contribution is 8.76. The number of carbonyl (C=O) groups excluding carboxylic acids is 1. The summed E-state index contributed by atoms with van der Waals surface area (Å²) in [6.45, 7) is 6.87. The monoisotopic (exact) mass is 347 g/mol. The van der Waals surface area contributed by atoms with Gasteiger partial charge in [0.15, 0.2) is 0 Å². The number of rotatable bonds is 12. The number of urea groups is 1. The lowest BCUT2D eigenvalue weighted by Gasteiger charge is -2.06. The number of amides is 2. The fourth-order valence-corrected chi connectivity index (χ4v) is 2.97. The number of nitrogens with one attached hydrogen (secondary N) is 3. The van der Waals surface area contributed by atoms with Crippen molar-refractivity contribution >= 4 is 27.6 Å². The highest BCUT2D eigenvalue weighted by atomic mass is 33.1. The molecule has 3 N–H and O–H groups in total. The second kappa shape index (κ2) is 16.8. The fourth-order valence-electron chi connectivity index (χ4n) is 1.30. The van der Waals surface area contributed by atoms with Crippen LogP contribution in [0, 0.1) is 17.8 Å². The Labute approximate surface area is 142 Å². The molecule has 128 valence electrons. The highest BCUT2D eigenvalue weighted by Crippen LogP contribution is 2.20. The summed E-state index contributed by atoms with van der Waals surface area (Å²) in [6.07, 6.45) is 1.87. The van der Waals surface area contributed by atoms with Crippen LogP contribution in [-0.2, 0) is 4.74 Å². The summed E-state index contributed by atoms with van der Waals surface area (Å²) < 4.78 is 5.50. The van der Waals surface area contributed by atoms with Gasteiger partial charge in [0.2, 0.25) is 0 Å². The van der Waals surface area contributed by atoms with Gasteiger partial charge in [0.1, 0.15) is 5.94 Å². The Morgan fingerprint density at radius 1 is 1.18 bits per heavy atom. The van der Waals surface area contributed by atoms with Crippen LogP contribution in [0.4, 0.5) is 4.79 Å². The smallest absolute Gasteiger partial charge is 0.315 e. The van der Waals surface area contributed by atoms with Crippen LogP contribution in [0.25, 0.3) is 0 Å². The molecule has 0 aromatic rings. The maximum atomic E-state index is 11.4. The van der Waals surface area contributed by atoms with Crippen LogP contribution >= 0.6 is 21.6 Å². The zero-order valence-corrected chi connectivity index (χ0v) is 15.5. The van der Waals surface area contributed by atoms with E-state index in [9.17, 15) is 4.79 Å². The third-order valence-corrected chi connectivity index (χ3v) is 4.47. The van der Waals surface area contributed by atoms with E-state index in [1.807, 2.05) is 31.7 Å². The standard InChI is InChI=1S/C15H29N3O2S2/c1-14(2)7-6-9-18-15(19)17-8-4-5-11-20-13-22-21-12-10-16-3/h14,16H,4-5,8-13H2,1-3H3,(H2,17,18,19). The predicted octanol–water partition coefficient (Wildman–Crippen LogP) is 2.30. The van der Waals surface area contributed by atoms with E-state index in [4.69, 9.17) is 4.74 Å². The molecule has 0 saturated carbocycles. The van der Waals surface area contributed by atoms with Gasteiger partial charge in [-0.2, -0.15) is 0 Å². The van der Waals surface area contributed by atoms with Crippen molar-refractivity contribution in [2.45, 2.75) is 26.7 Å². The second-order valence-corrected chi connectivity index (χ2v) is 7.39. The van der Waals surface area contributed by atoms with Gasteiger partial charge < -0.3 is 20.7 Å². The minimum atomic E-state index is -0.157. The summed E-state index contributed by atoms with van der Waals surface area (Å²) in [5.41, 5.74) is 0. The van der Waals surface area contributed by atoms with E-state index < -0.39 is 0 Å². The molecule has 0 fully saturated rings. The lowest BCUT2D eigenvalue weighted by atomic mass is 10.2. The molecule has 5 nitrogen and oxygen atoms in total. The summed E-state index contributed by atoms with van der Waals surface area (Å²) in [5, 5.41) is 8.61. The van der Waals surface area contributed by atoms with Crippen LogP contribution in [0.3, 0.4) is 0 Å². The number of ether oxygens (including phenoxy) is 1. The lowest BCUT2D eigenvalue weighted by molar-refractivity contribution is 0.178. The SMILES string of the molecule is CNCCSSCOCCCCNC(=O)NCC#CC(C)C. The van der Waals surface area contributed by atoms with Gasteiger partial charge in [-0.15, -0.1) is 0 Å². The van der Waals surface area contributed by atoms with Crippen molar-refractivity contribution in [2.24, 2.45) is 5.92 Å². The molecule has 7 heteroatoms. The van der Waals surface area contributed by atoms with Gasteiger partial charge in [0.05, 0.1) is 6.54 Å². The molecule has 0 rings (SSSR count). The van der Waals surface area contributed by atoms with Gasteiger partial charge >= 0.3 is 6.03 Å². The molecule has 0 aromatic heterocycles. The quantitative estimate of drug-likeness (QED) is 0.219. The van der Waals surface area contributed by atoms with E-state index in [-0.39, 0.29) is 6.03 Å². The molecule has 22 heavy (non-hydrogen) atoms. The van der Waals surface area contributed by atoms with Crippen molar-refractivity contribution in [1.29, 1.82) is 0 Å². The zero-order chi connectivity index (χ0) is 16.5. The molecule has 0 atom stereocenters. The first-order valence-corrected chi connectivity index (χ1v) is 10.1. The van der Waals surface area contributed by atoms with Crippen molar-refractivity contribution in [1.82, 2.24) is 16.0 Å². The Balaban J connectivity index is 3.22. The predicted molar refractivity (Wildman–Crippen MR) is 98.0 cm³/mol. The van der Waals surface area contributed by atoms with Gasteiger partial charge in [0, 0.05) is 31.4 Å². The molecule has 0 aliphatic rings. The first-order valence-electron chi connectivity index (χ1n) is 7.63. The van der Waals surface area contributed by atoms with Crippen molar-refractivity contribution in [3.8, 4) is 11.8 Å². The van der Waals surface area contributed by atoms with Gasteiger partial charge in [-0.3, -0.25) is 0 Å². The highest BCUT2D eigenvalue weighted by Gasteiger charge is 1.97. The van der Waals surface area contributed by atoms with Crippen molar-refractivity contribution < 1.29 is 9.53 Å². The van der Waals surface area contributed by atoms with Gasteiger partial charge in [0.25, 0.3) is 0 Å². The van der Waals surface area contributed by atoms with Crippen molar-refractivity contribution in [2.75, 3.05) is 45.0 Å². The average molecular weight is 348 g/mol. The second-order valence-electron chi connectivity index (χ2n) is 4.86. The summed E-state index contributed by atoms with van der Waals surface area (Å²) in [4.78, 5) is 11.4. The average Bonchev–Trinajstić information content (AvgIpc) is 2.49. The third kappa shape index (κ3) is 17.5. The Bertz CT molecular complexity index is 330. The Kier molecular flexibility index (Phi) is 16.4. The molecule has 0 saturated heterocycles. The molecule has 0 aliphatic carbocycles. The van der Waals surface area contributed by atoms with Crippen LogP contribution in [0.15, 0.2) is 0 Å². The van der Waals surface area contributed by atoms with Crippen molar-refractivity contribution in [3.63, 3.8) is 0 Å². The molecule has 0 aromatic carbocycles. The molecule has 0 heterocycles. The van der Waals surface area contributed by atoms with Crippen LogP contribution in [0.1, 0.15) is 26.7 Å². The van der Waals surface area contributed by atoms with Crippen LogP contribution in [-0.4, -0.2) is 51.0 Å². The topological polar surface area (TPSA) is 62.4 Å². The number of hydrogen-bond acceptors (Lipinski definition) is 5. The van der Waals surface area contributed by atoms with E-state index in [2.05, 4.69) is 27.8 Å². The maximum Gasteiger partial charge on any atom is 0.315 e. The van der Waals surface area contributed by atoms with Gasteiger partial charge in [-0.25, -0.2) is 4.79 Å². The first kappa shape index (κ1) is 21.4. The number of carbonyl (C=O) groups is 1. The number of hydrogen-bond donors (Lipinski definition) is 3. The summed E-state index contributed by atoms with van der Waals surface area (Å²) >= 11 is 0. The van der Waals surface area contributed by atoms with E-state index in [1.165, 1.54) is 0 Å². The minimum absolute atomic E-state index is 0.157. The van der Waals surface area contributed by atoms with Crippen LogP contribution in [0.2, 0.25) is 0 Å². The van der Waals surface area contributed by atoms with E-state index in [0.717, 1.165) is 37.7 Å². The molecular weight excluding hydrogens is 318 g/mol. The minimum Gasteiger partial charge on any atom is -0.370 e. The molecule has 0 unspecified atom stereocenters. The van der Waals surface area contributed by atoms with Gasteiger partial charge in [-0.1, -0.05) is 47.3 Å². The van der Waals surface area contributed by atoms with Crippen LogP contribution < -0.4 is 16.0 Å². The largest absolute Gasteiger partial charge is 0.370 e. The Morgan fingerprint density at radius 2 is 2.00 bits per heavy atom. The van der Waals surface area contributed by atoms with E-state index >= 15 is 0 Å². The zero-order valence-electron chi connectivity index (χ0n) is 13.9. The van der Waals surface area contributed by atoms with Crippen molar-refractivity contribution in [3.05, 3.63) is 0 Å². The Morgan fingerprint density at radius 3 is 2.73 bits per heavy atom. The molecule has 2 amide bonds. The fraction of sp³-hybridized carbons (Fsp3) is 0.800. The Hall–Kier alpha value is -0.550. The van der Waals surface area contributed by atoms with Crippen LogP contribution in [0.5, 0.6) is 0 Å². The molecule has 0 bridgehead atoms. The summed E-state index contributed by atoms with van der Waals surface area (Å²) in [7, 11) is 5.50. The first-order chi connectivity index (χ1) is 10.7. The molecule has 0 spiro atoms. The number of unbranched alkanes of at least 4 members (excludes halogenated alkanes) is 1. The van der Waals surface area contributed by atoms with E-state index in [0.29, 0.717) is 19.0 Å².